The Morgan fingerprint density at radius 3 is 2.10 bits per heavy atom. The highest BCUT2D eigenvalue weighted by Crippen LogP contribution is 2.36. The molecular weight excluding hydrogens is 390 g/mol. The van der Waals surface area contributed by atoms with Gasteiger partial charge >= 0.3 is 5.97 Å². The minimum atomic E-state index is -0.977. The van der Waals surface area contributed by atoms with Crippen molar-refractivity contribution in [2.75, 3.05) is 6.54 Å². The molecule has 0 bridgehead atoms. The molecule has 0 amide bonds. The molecular formula is C26H37NO4. The predicted molar refractivity (Wildman–Crippen MR) is 125 cm³/mol. The van der Waals surface area contributed by atoms with Gasteiger partial charge in [-0.2, -0.15) is 0 Å². The molecule has 2 atom stereocenters. The van der Waals surface area contributed by atoms with Gasteiger partial charge in [-0.3, -0.25) is 4.90 Å². The van der Waals surface area contributed by atoms with Crippen LogP contribution in [0.1, 0.15) is 75.4 Å². The molecule has 0 radical (unpaired) electrons. The van der Waals surface area contributed by atoms with Crippen LogP contribution in [0.2, 0.25) is 0 Å². The highest BCUT2D eigenvalue weighted by Gasteiger charge is 2.24. The molecule has 5 nitrogen and oxygen atoms in total. The van der Waals surface area contributed by atoms with Gasteiger partial charge in [0.15, 0.2) is 6.29 Å². The lowest BCUT2D eigenvalue weighted by molar-refractivity contribution is -0.0522. The third-order valence-electron chi connectivity index (χ3n) is 5.65. The van der Waals surface area contributed by atoms with Crippen molar-refractivity contribution in [2.24, 2.45) is 5.92 Å². The molecule has 0 fully saturated rings. The van der Waals surface area contributed by atoms with Crippen molar-refractivity contribution < 1.29 is 19.7 Å². The first-order chi connectivity index (χ1) is 14.6. The van der Waals surface area contributed by atoms with Gasteiger partial charge < -0.3 is 14.9 Å². The van der Waals surface area contributed by atoms with E-state index in [0.29, 0.717) is 17.8 Å². The van der Waals surface area contributed by atoms with Crippen molar-refractivity contribution in [2.45, 2.75) is 72.3 Å². The topological polar surface area (TPSA) is 70.0 Å². The molecule has 0 saturated carbocycles. The van der Waals surface area contributed by atoms with E-state index in [1.54, 1.807) is 12.1 Å². The van der Waals surface area contributed by atoms with Gasteiger partial charge in [-0.1, -0.05) is 44.2 Å². The first kappa shape index (κ1) is 24.9. The Kier molecular flexibility index (Phi) is 9.08. The number of ether oxygens (including phenoxy) is 1. The van der Waals surface area contributed by atoms with Crippen molar-refractivity contribution in [3.05, 3.63) is 65.2 Å². The third-order valence-corrected chi connectivity index (χ3v) is 5.65. The zero-order valence-electron chi connectivity index (χ0n) is 19.6. The Labute approximate surface area is 186 Å². The summed E-state index contributed by atoms with van der Waals surface area (Å²) in [5, 5.41) is 19.9. The van der Waals surface area contributed by atoms with Gasteiger partial charge in [0.25, 0.3) is 0 Å². The number of carboxylic acids is 1. The summed E-state index contributed by atoms with van der Waals surface area (Å²) in [7, 11) is 0. The molecule has 2 N–H and O–H groups in total. The third kappa shape index (κ3) is 6.81. The summed E-state index contributed by atoms with van der Waals surface area (Å²) < 4.78 is 5.89. The maximum Gasteiger partial charge on any atom is 0.335 e. The highest BCUT2D eigenvalue weighted by molar-refractivity contribution is 5.88. The normalized spacial score (nSPS) is 13.8. The van der Waals surface area contributed by atoms with E-state index in [2.05, 4.69) is 44.7 Å². The first-order valence-corrected chi connectivity index (χ1v) is 11.1. The minimum absolute atomic E-state index is 0.0603. The van der Waals surface area contributed by atoms with E-state index in [4.69, 9.17) is 4.74 Å². The van der Waals surface area contributed by atoms with Crippen molar-refractivity contribution >= 4 is 5.97 Å². The van der Waals surface area contributed by atoms with Gasteiger partial charge in [0.2, 0.25) is 0 Å². The number of hydrogen-bond donors (Lipinski definition) is 2. The largest absolute Gasteiger partial charge is 0.478 e. The first-order valence-electron chi connectivity index (χ1n) is 11.1. The summed E-state index contributed by atoms with van der Waals surface area (Å²) in [5.74, 6) is -0.592. The summed E-state index contributed by atoms with van der Waals surface area (Å²) in [4.78, 5) is 14.1. The summed E-state index contributed by atoms with van der Waals surface area (Å²) >= 11 is 0. The highest BCUT2D eigenvalue weighted by atomic mass is 16.6. The molecule has 0 heterocycles. The van der Waals surface area contributed by atoms with E-state index in [9.17, 15) is 15.0 Å². The second-order valence-corrected chi connectivity index (χ2v) is 8.99. The Morgan fingerprint density at radius 2 is 1.58 bits per heavy atom. The fourth-order valence-corrected chi connectivity index (χ4v) is 3.91. The fraction of sp³-hybridized carbons (Fsp3) is 0.500. The lowest BCUT2D eigenvalue weighted by atomic mass is 9.86. The van der Waals surface area contributed by atoms with Crippen LogP contribution in [0.3, 0.4) is 0 Å². The fourth-order valence-electron chi connectivity index (χ4n) is 3.91. The number of aliphatic hydroxyl groups is 1. The molecule has 2 aromatic carbocycles. The molecule has 0 spiro atoms. The van der Waals surface area contributed by atoms with Crippen molar-refractivity contribution in [3.8, 4) is 5.75 Å². The van der Waals surface area contributed by atoms with E-state index in [-0.39, 0.29) is 17.4 Å². The van der Waals surface area contributed by atoms with Crippen LogP contribution in [0.25, 0.3) is 0 Å². The quantitative estimate of drug-likeness (QED) is 0.471. The second kappa shape index (κ2) is 11.3. The number of benzene rings is 2. The number of aromatic carboxylic acids is 1. The summed E-state index contributed by atoms with van der Waals surface area (Å²) in [5.41, 5.74) is 2.10. The molecule has 5 heteroatoms. The SMILES string of the molecule is CC(C)C(O)Oc1ccc(C(=O)O)cc1C(CCN(C(C)C)C(C)C)c1ccccc1. The van der Waals surface area contributed by atoms with Crippen LogP contribution in [0, 0.1) is 5.92 Å². The van der Waals surface area contributed by atoms with Gasteiger partial charge in [0, 0.05) is 29.5 Å². The Hall–Kier alpha value is -2.37. The standard InChI is InChI=1S/C26H37NO4/c1-17(2)26(30)31-24-13-12-21(25(28)29)16-23(24)22(20-10-8-7-9-11-20)14-15-27(18(3)4)19(5)6/h7-13,16-19,22,26,30H,14-15H2,1-6H3,(H,28,29). The molecule has 0 saturated heterocycles. The van der Waals surface area contributed by atoms with E-state index in [1.165, 1.54) is 6.07 Å². The van der Waals surface area contributed by atoms with Crippen molar-refractivity contribution in [1.82, 2.24) is 4.90 Å². The predicted octanol–water partition coefficient (Wildman–Crippen LogP) is 5.38. The van der Waals surface area contributed by atoms with Gasteiger partial charge in [-0.15, -0.1) is 0 Å². The van der Waals surface area contributed by atoms with E-state index in [0.717, 1.165) is 24.1 Å². The van der Waals surface area contributed by atoms with Crippen LogP contribution in [0.5, 0.6) is 5.75 Å². The van der Waals surface area contributed by atoms with Crippen LogP contribution >= 0.6 is 0 Å². The molecule has 0 aliphatic heterocycles. The maximum atomic E-state index is 11.7. The summed E-state index contributed by atoms with van der Waals surface area (Å²) in [6, 6.07) is 15.8. The molecule has 170 valence electrons. The van der Waals surface area contributed by atoms with Crippen molar-refractivity contribution in [3.63, 3.8) is 0 Å². The summed E-state index contributed by atoms with van der Waals surface area (Å²) in [6.07, 6.45) is -0.161. The molecule has 2 unspecified atom stereocenters. The minimum Gasteiger partial charge on any atom is -0.478 e. The monoisotopic (exact) mass is 427 g/mol. The smallest absolute Gasteiger partial charge is 0.335 e. The lowest BCUT2D eigenvalue weighted by Crippen LogP contribution is -2.38. The van der Waals surface area contributed by atoms with Crippen LogP contribution in [0.15, 0.2) is 48.5 Å². The van der Waals surface area contributed by atoms with Crippen molar-refractivity contribution in [1.29, 1.82) is 0 Å². The zero-order valence-corrected chi connectivity index (χ0v) is 19.6. The second-order valence-electron chi connectivity index (χ2n) is 8.99. The van der Waals surface area contributed by atoms with Gasteiger partial charge in [-0.05, 0) is 64.4 Å². The Morgan fingerprint density at radius 1 is 0.968 bits per heavy atom. The molecule has 2 aromatic rings. The average molecular weight is 428 g/mol. The number of rotatable bonds is 11. The van der Waals surface area contributed by atoms with E-state index in [1.807, 2.05) is 32.0 Å². The Bertz CT molecular complexity index is 825. The lowest BCUT2D eigenvalue weighted by Gasteiger charge is -2.32. The van der Waals surface area contributed by atoms with Crippen LogP contribution < -0.4 is 4.74 Å². The van der Waals surface area contributed by atoms with E-state index < -0.39 is 12.3 Å². The molecule has 0 aliphatic carbocycles. The zero-order chi connectivity index (χ0) is 23.1. The molecule has 2 rings (SSSR count). The van der Waals surface area contributed by atoms with Crippen LogP contribution in [0.4, 0.5) is 0 Å². The average Bonchev–Trinajstić information content (AvgIpc) is 2.71. The van der Waals surface area contributed by atoms with Crippen LogP contribution in [-0.2, 0) is 0 Å². The van der Waals surface area contributed by atoms with Gasteiger partial charge in [0.1, 0.15) is 5.75 Å². The summed E-state index contributed by atoms with van der Waals surface area (Å²) in [6.45, 7) is 13.4. The van der Waals surface area contributed by atoms with Gasteiger partial charge in [-0.25, -0.2) is 4.79 Å². The number of carboxylic acid groups (broad SMARTS) is 1. The number of nitrogens with zero attached hydrogens (tertiary/aromatic N) is 1. The van der Waals surface area contributed by atoms with E-state index >= 15 is 0 Å². The van der Waals surface area contributed by atoms with Gasteiger partial charge in [0.05, 0.1) is 5.56 Å². The van der Waals surface area contributed by atoms with Crippen LogP contribution in [-0.4, -0.2) is 46.0 Å². The number of hydrogen-bond acceptors (Lipinski definition) is 4. The number of aliphatic hydroxyl groups excluding tert-OH is 1. The molecule has 0 aromatic heterocycles. The number of carbonyl (C=O) groups is 1. The molecule has 31 heavy (non-hydrogen) atoms. The maximum absolute atomic E-state index is 11.7. The Balaban J connectivity index is 2.52. The molecule has 0 aliphatic rings.